The third-order valence-electron chi connectivity index (χ3n) is 5.08. The molecule has 0 radical (unpaired) electrons. The minimum absolute atomic E-state index is 0.260. The first-order valence-corrected chi connectivity index (χ1v) is 10.3. The molecule has 0 aliphatic heterocycles. The lowest BCUT2D eigenvalue weighted by Crippen LogP contribution is -2.23. The molecule has 0 saturated heterocycles. The van der Waals surface area contributed by atoms with Crippen molar-refractivity contribution in [3.05, 3.63) is 83.3 Å². The molecule has 1 amide bonds. The Labute approximate surface area is 183 Å². The molecule has 3 heterocycles. The second-order valence-electron chi connectivity index (χ2n) is 7.05. The first-order chi connectivity index (χ1) is 15.4. The van der Waals surface area contributed by atoms with Crippen LogP contribution in [0.25, 0.3) is 27.6 Å². The van der Waals surface area contributed by atoms with Crippen molar-refractivity contribution in [2.75, 3.05) is 0 Å². The van der Waals surface area contributed by atoms with Gasteiger partial charge in [-0.25, -0.2) is 9.97 Å². The molecule has 0 bridgehead atoms. The van der Waals surface area contributed by atoms with Crippen LogP contribution in [-0.4, -0.2) is 24.8 Å². The topological polar surface area (TPSA) is 72.7 Å². The van der Waals surface area contributed by atoms with Gasteiger partial charge < -0.3 is 5.32 Å². The lowest BCUT2D eigenvalue weighted by Gasteiger charge is -2.10. The number of nitrogens with one attached hydrogen (secondary N) is 1. The normalized spacial score (nSPS) is 11.8. The van der Waals surface area contributed by atoms with E-state index in [4.69, 9.17) is 0 Å². The van der Waals surface area contributed by atoms with Crippen LogP contribution in [0, 0.1) is 0 Å². The van der Waals surface area contributed by atoms with Gasteiger partial charge in [-0.3, -0.25) is 9.36 Å². The van der Waals surface area contributed by atoms with E-state index < -0.39 is 11.7 Å². The Balaban J connectivity index is 1.52. The van der Waals surface area contributed by atoms with Gasteiger partial charge in [0, 0.05) is 33.6 Å². The van der Waals surface area contributed by atoms with E-state index in [1.165, 1.54) is 30.0 Å². The molecule has 10 heteroatoms. The minimum atomic E-state index is -4.40. The summed E-state index contributed by atoms with van der Waals surface area (Å²) in [7, 11) is 0. The van der Waals surface area contributed by atoms with Gasteiger partial charge in [-0.05, 0) is 60.1 Å². The number of hydrogen-bond donors (Lipinski definition) is 1. The van der Waals surface area contributed by atoms with Crippen LogP contribution in [0.4, 0.5) is 13.2 Å². The lowest BCUT2D eigenvalue weighted by molar-refractivity contribution is -0.137. The third kappa shape index (κ3) is 3.58. The van der Waals surface area contributed by atoms with Crippen molar-refractivity contribution in [2.24, 2.45) is 0 Å². The van der Waals surface area contributed by atoms with E-state index in [9.17, 15) is 18.0 Å². The number of carbonyl (C=O) groups excluding carboxylic acids is 1. The number of halogens is 3. The molecule has 1 N–H and O–H groups in total. The van der Waals surface area contributed by atoms with E-state index in [1.807, 2.05) is 5.38 Å². The molecule has 0 spiro atoms. The van der Waals surface area contributed by atoms with Crippen molar-refractivity contribution in [2.45, 2.75) is 12.7 Å². The third-order valence-corrected chi connectivity index (χ3v) is 5.70. The maximum Gasteiger partial charge on any atom is 0.416 e. The number of carbonyl (C=O) groups is 1. The van der Waals surface area contributed by atoms with Crippen LogP contribution >= 0.6 is 11.5 Å². The van der Waals surface area contributed by atoms with Gasteiger partial charge in [-0.2, -0.15) is 17.5 Å². The maximum absolute atomic E-state index is 12.9. The molecular weight excluding hydrogens is 439 g/mol. The van der Waals surface area contributed by atoms with Crippen LogP contribution in [0.5, 0.6) is 0 Å². The second kappa shape index (κ2) is 7.72. The molecule has 6 nitrogen and oxygen atoms in total. The van der Waals surface area contributed by atoms with Gasteiger partial charge in [0.2, 0.25) is 0 Å². The van der Waals surface area contributed by atoms with Crippen LogP contribution in [-0.2, 0) is 12.7 Å². The minimum Gasteiger partial charge on any atom is -0.346 e. The highest BCUT2D eigenvalue weighted by atomic mass is 32.1. The van der Waals surface area contributed by atoms with Gasteiger partial charge in [0.1, 0.15) is 6.33 Å². The number of rotatable bonds is 4. The van der Waals surface area contributed by atoms with E-state index in [0.717, 1.165) is 28.4 Å². The number of nitrogens with zero attached hydrogens (tertiary/aromatic N) is 4. The zero-order chi connectivity index (χ0) is 22.3. The molecular formula is C22H14F3N5OS. The monoisotopic (exact) mass is 453 g/mol. The van der Waals surface area contributed by atoms with Gasteiger partial charge >= 0.3 is 6.18 Å². The molecule has 160 valence electrons. The summed E-state index contributed by atoms with van der Waals surface area (Å²) in [6.45, 7) is 0.265. The van der Waals surface area contributed by atoms with Gasteiger partial charge in [0.15, 0.2) is 5.65 Å². The summed E-state index contributed by atoms with van der Waals surface area (Å²) in [5.74, 6) is -0.260. The number of amides is 1. The molecule has 3 aromatic heterocycles. The van der Waals surface area contributed by atoms with Crippen molar-refractivity contribution in [3.63, 3.8) is 0 Å². The molecule has 0 unspecified atom stereocenters. The number of fused-ring (bicyclic) bond motifs is 3. The predicted octanol–water partition coefficient (Wildman–Crippen LogP) is 4.98. The Morgan fingerprint density at radius 2 is 1.88 bits per heavy atom. The standard InChI is InChI=1S/C22H14F3N5OS/c23-22(24,25)14-2-4-16(5-3-14)30-19-6-1-13(9-17(19)18-11-32-29-20(18)30)21(31)27-10-15-7-8-26-12-28-15/h1-9,11-12H,10H2,(H,27,31). The summed E-state index contributed by atoms with van der Waals surface area (Å²) in [5.41, 5.74) is 2.38. The van der Waals surface area contributed by atoms with Crippen LogP contribution < -0.4 is 5.32 Å². The van der Waals surface area contributed by atoms with Crippen molar-refractivity contribution >= 4 is 39.4 Å². The summed E-state index contributed by atoms with van der Waals surface area (Å²) < 4.78 is 45.1. The predicted molar refractivity (Wildman–Crippen MR) is 115 cm³/mol. The molecule has 0 aliphatic rings. The number of hydrogen-bond acceptors (Lipinski definition) is 5. The summed E-state index contributed by atoms with van der Waals surface area (Å²) in [6, 6.07) is 11.9. The summed E-state index contributed by atoms with van der Waals surface area (Å²) in [4.78, 5) is 20.6. The van der Waals surface area contributed by atoms with E-state index in [1.54, 1.807) is 35.0 Å². The molecule has 0 aliphatic carbocycles. The highest BCUT2D eigenvalue weighted by Crippen LogP contribution is 2.35. The molecule has 32 heavy (non-hydrogen) atoms. The highest BCUT2D eigenvalue weighted by molar-refractivity contribution is 7.05. The SMILES string of the molecule is O=C(NCc1ccncn1)c1ccc2c(c1)c1csnc1n2-c1ccc(C(F)(F)F)cc1. The Hall–Kier alpha value is -3.79. The Bertz CT molecular complexity index is 1430. The fourth-order valence-electron chi connectivity index (χ4n) is 3.53. The first-order valence-electron chi connectivity index (χ1n) is 9.51. The number of benzene rings is 2. The van der Waals surface area contributed by atoms with Crippen LogP contribution in [0.2, 0.25) is 0 Å². The fraction of sp³-hybridized carbons (Fsp3) is 0.0909. The van der Waals surface area contributed by atoms with E-state index in [0.29, 0.717) is 22.6 Å². The zero-order valence-corrected chi connectivity index (χ0v) is 17.1. The second-order valence-corrected chi connectivity index (χ2v) is 7.68. The Morgan fingerprint density at radius 1 is 1.06 bits per heavy atom. The lowest BCUT2D eigenvalue weighted by atomic mass is 10.1. The molecule has 0 fully saturated rings. The summed E-state index contributed by atoms with van der Waals surface area (Å²) >= 11 is 1.25. The van der Waals surface area contributed by atoms with Crippen molar-refractivity contribution in [1.29, 1.82) is 0 Å². The molecule has 2 aromatic carbocycles. The highest BCUT2D eigenvalue weighted by Gasteiger charge is 2.30. The molecule has 5 aromatic rings. The van der Waals surface area contributed by atoms with Crippen molar-refractivity contribution < 1.29 is 18.0 Å². The van der Waals surface area contributed by atoms with E-state index in [-0.39, 0.29) is 12.5 Å². The largest absolute Gasteiger partial charge is 0.416 e. The Kier molecular flexibility index (Phi) is 4.86. The van der Waals surface area contributed by atoms with Crippen LogP contribution in [0.1, 0.15) is 21.6 Å². The number of alkyl halides is 3. The molecule has 0 saturated carbocycles. The average Bonchev–Trinajstić information content (AvgIpc) is 3.38. The Morgan fingerprint density at radius 3 is 2.59 bits per heavy atom. The van der Waals surface area contributed by atoms with Gasteiger partial charge in [-0.1, -0.05) is 0 Å². The summed E-state index contributed by atoms with van der Waals surface area (Å²) in [5, 5.41) is 6.31. The first kappa shape index (κ1) is 20.1. The smallest absolute Gasteiger partial charge is 0.346 e. The fourth-order valence-corrected chi connectivity index (χ4v) is 4.20. The maximum atomic E-state index is 12.9. The van der Waals surface area contributed by atoms with Gasteiger partial charge in [-0.15, -0.1) is 0 Å². The van der Waals surface area contributed by atoms with Crippen LogP contribution in [0.15, 0.2) is 66.4 Å². The van der Waals surface area contributed by atoms with Gasteiger partial charge in [0.25, 0.3) is 5.91 Å². The van der Waals surface area contributed by atoms with Crippen molar-refractivity contribution in [3.8, 4) is 5.69 Å². The average molecular weight is 453 g/mol. The molecule has 5 rings (SSSR count). The van der Waals surface area contributed by atoms with E-state index in [2.05, 4.69) is 19.7 Å². The quantitative estimate of drug-likeness (QED) is 0.417. The molecule has 0 atom stereocenters. The van der Waals surface area contributed by atoms with Crippen molar-refractivity contribution in [1.82, 2.24) is 24.2 Å². The summed E-state index contributed by atoms with van der Waals surface area (Å²) in [6.07, 6.45) is -1.39. The van der Waals surface area contributed by atoms with Crippen LogP contribution in [0.3, 0.4) is 0 Å². The van der Waals surface area contributed by atoms with E-state index >= 15 is 0 Å². The number of aromatic nitrogens is 4. The zero-order valence-electron chi connectivity index (χ0n) is 16.3. The van der Waals surface area contributed by atoms with Gasteiger partial charge in [0.05, 0.1) is 23.3 Å².